The molecule has 1 aliphatic carbocycles. The number of rotatable bonds is 2. The van der Waals surface area contributed by atoms with Gasteiger partial charge in [0.25, 0.3) is 0 Å². The zero-order valence-electron chi connectivity index (χ0n) is 6.52. The van der Waals surface area contributed by atoms with Gasteiger partial charge in [0.1, 0.15) is 0 Å². The SMILES string of the molecule is C=CSC1=C(C)CCCC1. The van der Waals surface area contributed by atoms with Crippen LogP contribution in [0.4, 0.5) is 0 Å². The van der Waals surface area contributed by atoms with Gasteiger partial charge in [0.05, 0.1) is 0 Å². The van der Waals surface area contributed by atoms with Crippen molar-refractivity contribution in [1.29, 1.82) is 0 Å². The molecule has 0 aromatic rings. The molecule has 0 amide bonds. The van der Waals surface area contributed by atoms with Crippen molar-refractivity contribution >= 4 is 11.8 Å². The quantitative estimate of drug-likeness (QED) is 0.584. The fourth-order valence-electron chi connectivity index (χ4n) is 1.29. The second-order valence-electron chi connectivity index (χ2n) is 2.70. The van der Waals surface area contributed by atoms with Gasteiger partial charge in [-0.3, -0.25) is 0 Å². The topological polar surface area (TPSA) is 0 Å². The van der Waals surface area contributed by atoms with E-state index in [0.717, 1.165) is 0 Å². The van der Waals surface area contributed by atoms with Crippen LogP contribution in [0.1, 0.15) is 32.6 Å². The molecular formula is C9H14S. The van der Waals surface area contributed by atoms with Crippen LogP contribution in [0.25, 0.3) is 0 Å². The van der Waals surface area contributed by atoms with Crippen LogP contribution in [0.3, 0.4) is 0 Å². The number of thioether (sulfide) groups is 1. The molecule has 56 valence electrons. The average molecular weight is 154 g/mol. The van der Waals surface area contributed by atoms with Gasteiger partial charge < -0.3 is 0 Å². The van der Waals surface area contributed by atoms with Crippen LogP contribution in [-0.2, 0) is 0 Å². The Balaban J connectivity index is 2.58. The maximum Gasteiger partial charge on any atom is -0.0119 e. The highest BCUT2D eigenvalue weighted by atomic mass is 32.2. The molecule has 0 fully saturated rings. The van der Waals surface area contributed by atoms with Crippen LogP contribution in [0.5, 0.6) is 0 Å². The summed E-state index contributed by atoms with van der Waals surface area (Å²) in [5.41, 5.74) is 1.58. The molecule has 0 N–H and O–H groups in total. The van der Waals surface area contributed by atoms with Gasteiger partial charge in [-0.05, 0) is 42.9 Å². The van der Waals surface area contributed by atoms with Gasteiger partial charge in [0, 0.05) is 0 Å². The Labute approximate surface area is 67.4 Å². The van der Waals surface area contributed by atoms with Crippen molar-refractivity contribution in [2.45, 2.75) is 32.6 Å². The molecule has 0 spiro atoms. The van der Waals surface area contributed by atoms with E-state index in [9.17, 15) is 0 Å². The number of hydrogen-bond acceptors (Lipinski definition) is 1. The van der Waals surface area contributed by atoms with Crippen LogP contribution in [-0.4, -0.2) is 0 Å². The smallest absolute Gasteiger partial charge is 0.0119 e. The van der Waals surface area contributed by atoms with E-state index in [-0.39, 0.29) is 0 Å². The van der Waals surface area contributed by atoms with Gasteiger partial charge in [0.2, 0.25) is 0 Å². The van der Waals surface area contributed by atoms with Crippen molar-refractivity contribution in [2.24, 2.45) is 0 Å². The van der Waals surface area contributed by atoms with E-state index in [1.54, 1.807) is 22.2 Å². The van der Waals surface area contributed by atoms with Crippen molar-refractivity contribution in [1.82, 2.24) is 0 Å². The maximum absolute atomic E-state index is 3.72. The maximum atomic E-state index is 3.72. The molecule has 0 nitrogen and oxygen atoms in total. The molecule has 0 bridgehead atoms. The highest BCUT2D eigenvalue weighted by molar-refractivity contribution is 8.05. The summed E-state index contributed by atoms with van der Waals surface area (Å²) in [7, 11) is 0. The lowest BCUT2D eigenvalue weighted by Crippen LogP contribution is -1.92. The van der Waals surface area contributed by atoms with Crippen molar-refractivity contribution < 1.29 is 0 Å². The number of hydrogen-bond donors (Lipinski definition) is 0. The standard InChI is InChI=1S/C9H14S/c1-3-10-9-7-5-4-6-8(9)2/h3H,1,4-7H2,2H3. The third-order valence-electron chi connectivity index (χ3n) is 1.91. The highest BCUT2D eigenvalue weighted by Gasteiger charge is 2.07. The third kappa shape index (κ3) is 1.91. The van der Waals surface area contributed by atoms with Gasteiger partial charge in [-0.1, -0.05) is 12.2 Å². The van der Waals surface area contributed by atoms with E-state index in [4.69, 9.17) is 0 Å². The first-order valence-corrected chi connectivity index (χ1v) is 4.68. The summed E-state index contributed by atoms with van der Waals surface area (Å²) in [5, 5.41) is 1.93. The molecule has 0 radical (unpaired) electrons. The molecule has 0 unspecified atom stereocenters. The van der Waals surface area contributed by atoms with Gasteiger partial charge >= 0.3 is 0 Å². The Morgan fingerprint density at radius 2 is 2.10 bits per heavy atom. The van der Waals surface area contributed by atoms with Crippen molar-refractivity contribution in [3.63, 3.8) is 0 Å². The molecule has 0 saturated carbocycles. The minimum absolute atomic E-state index is 1.28. The summed E-state index contributed by atoms with van der Waals surface area (Å²) >= 11 is 1.80. The van der Waals surface area contributed by atoms with Crippen molar-refractivity contribution in [3.8, 4) is 0 Å². The van der Waals surface area contributed by atoms with Gasteiger partial charge in [-0.25, -0.2) is 0 Å². The molecule has 0 aromatic heterocycles. The van der Waals surface area contributed by atoms with E-state index in [0.29, 0.717) is 0 Å². The Morgan fingerprint density at radius 3 is 2.70 bits per heavy atom. The summed E-state index contributed by atoms with van der Waals surface area (Å²) < 4.78 is 0. The molecule has 0 saturated heterocycles. The minimum Gasteiger partial charge on any atom is -0.103 e. The third-order valence-corrected chi connectivity index (χ3v) is 2.91. The molecule has 0 aliphatic heterocycles. The normalized spacial score (nSPS) is 19.3. The summed E-state index contributed by atoms with van der Waals surface area (Å²) in [4.78, 5) is 1.56. The monoisotopic (exact) mass is 154 g/mol. The van der Waals surface area contributed by atoms with Crippen LogP contribution in [0.2, 0.25) is 0 Å². The second kappa shape index (κ2) is 3.87. The first-order chi connectivity index (χ1) is 4.84. The molecule has 1 heteroatoms. The zero-order valence-corrected chi connectivity index (χ0v) is 7.34. The first-order valence-electron chi connectivity index (χ1n) is 3.81. The molecule has 10 heavy (non-hydrogen) atoms. The Bertz CT molecular complexity index is 156. The predicted octanol–water partition coefficient (Wildman–Crippen LogP) is 3.71. The average Bonchev–Trinajstić information content (AvgIpc) is 1.94. The van der Waals surface area contributed by atoms with Crippen LogP contribution in [0.15, 0.2) is 22.5 Å². The number of allylic oxidation sites excluding steroid dienone is 2. The van der Waals surface area contributed by atoms with Crippen molar-refractivity contribution in [2.75, 3.05) is 0 Å². The van der Waals surface area contributed by atoms with E-state index in [1.165, 1.54) is 25.7 Å². The molecule has 1 rings (SSSR count). The molecule has 0 aromatic carbocycles. The van der Waals surface area contributed by atoms with Crippen molar-refractivity contribution in [3.05, 3.63) is 22.5 Å². The first kappa shape index (κ1) is 7.93. The largest absolute Gasteiger partial charge is 0.103 e. The fraction of sp³-hybridized carbons (Fsp3) is 0.556. The predicted molar refractivity (Wildman–Crippen MR) is 49.0 cm³/mol. The van der Waals surface area contributed by atoms with Gasteiger partial charge in [-0.15, -0.1) is 11.8 Å². The lowest BCUT2D eigenvalue weighted by Gasteiger charge is -2.14. The van der Waals surface area contributed by atoms with Gasteiger partial charge in [-0.2, -0.15) is 0 Å². The lowest BCUT2D eigenvalue weighted by molar-refractivity contribution is 0.695. The lowest BCUT2D eigenvalue weighted by atomic mass is 10.0. The van der Waals surface area contributed by atoms with Crippen LogP contribution >= 0.6 is 11.8 Å². The summed E-state index contributed by atoms with van der Waals surface area (Å²) in [6.45, 7) is 5.96. The minimum atomic E-state index is 1.28. The second-order valence-corrected chi connectivity index (χ2v) is 3.76. The van der Waals surface area contributed by atoms with E-state index < -0.39 is 0 Å². The summed E-state index contributed by atoms with van der Waals surface area (Å²) in [6, 6.07) is 0. The Morgan fingerprint density at radius 1 is 1.40 bits per heavy atom. The highest BCUT2D eigenvalue weighted by Crippen LogP contribution is 2.32. The fourth-order valence-corrected chi connectivity index (χ4v) is 2.06. The van der Waals surface area contributed by atoms with Gasteiger partial charge in [0.15, 0.2) is 0 Å². The molecule has 0 heterocycles. The summed E-state index contributed by atoms with van der Waals surface area (Å²) in [6.07, 6.45) is 5.33. The van der Waals surface area contributed by atoms with Crippen LogP contribution in [0, 0.1) is 0 Å². The Hall–Kier alpha value is -0.170. The zero-order chi connectivity index (χ0) is 7.40. The van der Waals surface area contributed by atoms with E-state index in [2.05, 4.69) is 13.5 Å². The summed E-state index contributed by atoms with van der Waals surface area (Å²) in [5.74, 6) is 0. The molecular weight excluding hydrogens is 140 g/mol. The Kier molecular flexibility index (Phi) is 3.07. The molecule has 1 aliphatic rings. The van der Waals surface area contributed by atoms with Crippen LogP contribution < -0.4 is 0 Å². The van der Waals surface area contributed by atoms with E-state index >= 15 is 0 Å². The van der Waals surface area contributed by atoms with E-state index in [1.807, 2.05) is 5.41 Å². The molecule has 0 atom stereocenters.